The summed E-state index contributed by atoms with van der Waals surface area (Å²) in [6, 6.07) is 0. The van der Waals surface area contributed by atoms with Crippen LogP contribution in [0.2, 0.25) is 0 Å². The van der Waals surface area contributed by atoms with E-state index in [1.807, 2.05) is 14.0 Å². The molecule has 148 valence electrons. The van der Waals surface area contributed by atoms with Crippen molar-refractivity contribution >= 4 is 35.9 Å². The van der Waals surface area contributed by atoms with Crippen LogP contribution >= 0.6 is 24.0 Å². The van der Waals surface area contributed by atoms with Gasteiger partial charge in [0, 0.05) is 26.7 Å². The van der Waals surface area contributed by atoms with E-state index in [0.29, 0.717) is 6.61 Å². The zero-order chi connectivity index (χ0) is 17.8. The summed E-state index contributed by atoms with van der Waals surface area (Å²) in [5.74, 6) is 0.963. The molecule has 6 nitrogen and oxygen atoms in total. The van der Waals surface area contributed by atoms with E-state index in [2.05, 4.69) is 34.0 Å². The third-order valence-electron chi connectivity index (χ3n) is 4.70. The Morgan fingerprint density at radius 2 is 1.84 bits per heavy atom. The average Bonchev–Trinajstić information content (AvgIpc) is 2.62. The molecule has 1 heterocycles. The molecular weight excluding hydrogens is 431 g/mol. The molecule has 0 bridgehead atoms. The number of unbranched alkanes of at least 4 members (excludes halogenated alkanes) is 1. The van der Waals surface area contributed by atoms with Crippen LogP contribution in [0.4, 0.5) is 0 Å². The van der Waals surface area contributed by atoms with Crippen LogP contribution in [-0.4, -0.2) is 74.7 Å². The minimum absolute atomic E-state index is 0. The van der Waals surface area contributed by atoms with Gasteiger partial charge in [-0.25, -0.2) is 0 Å². The maximum Gasteiger partial charge on any atom is 0.309 e. The largest absolute Gasteiger partial charge is 0.466 e. The van der Waals surface area contributed by atoms with Crippen LogP contribution in [0.25, 0.3) is 0 Å². The molecule has 1 saturated heterocycles. The quantitative estimate of drug-likeness (QED) is 0.185. The van der Waals surface area contributed by atoms with Crippen LogP contribution in [0.15, 0.2) is 4.99 Å². The number of ether oxygens (including phenoxy) is 1. The lowest BCUT2D eigenvalue weighted by atomic mass is 9.97. The highest BCUT2D eigenvalue weighted by Crippen LogP contribution is 2.18. The average molecular weight is 468 g/mol. The van der Waals surface area contributed by atoms with E-state index in [4.69, 9.17) is 4.74 Å². The summed E-state index contributed by atoms with van der Waals surface area (Å²) in [6.45, 7) is 12.8. The Morgan fingerprint density at radius 3 is 2.36 bits per heavy atom. The van der Waals surface area contributed by atoms with Crippen molar-refractivity contribution in [3.63, 3.8) is 0 Å². The molecule has 1 fully saturated rings. The third kappa shape index (κ3) is 9.08. The number of hydrogen-bond donors (Lipinski definition) is 1. The smallest absolute Gasteiger partial charge is 0.309 e. The summed E-state index contributed by atoms with van der Waals surface area (Å²) < 4.78 is 5.13. The van der Waals surface area contributed by atoms with Crippen LogP contribution in [0.3, 0.4) is 0 Å². The van der Waals surface area contributed by atoms with Gasteiger partial charge in [-0.3, -0.25) is 9.79 Å². The second-order valence-electron chi connectivity index (χ2n) is 6.22. The Labute approximate surface area is 170 Å². The molecule has 1 aliphatic heterocycles. The van der Waals surface area contributed by atoms with Crippen LogP contribution in [0.5, 0.6) is 0 Å². The van der Waals surface area contributed by atoms with Crippen LogP contribution in [-0.2, 0) is 9.53 Å². The predicted octanol–water partition coefficient (Wildman–Crippen LogP) is 2.58. The highest BCUT2D eigenvalue weighted by Gasteiger charge is 2.27. The molecule has 1 rings (SSSR count). The van der Waals surface area contributed by atoms with Crippen LogP contribution in [0, 0.1) is 5.92 Å². The summed E-state index contributed by atoms with van der Waals surface area (Å²) in [5.41, 5.74) is 0. The summed E-state index contributed by atoms with van der Waals surface area (Å²) in [7, 11) is 1.83. The minimum atomic E-state index is -0.0449. The van der Waals surface area contributed by atoms with E-state index in [9.17, 15) is 4.79 Å². The molecular formula is C18H37IN4O2. The predicted molar refractivity (Wildman–Crippen MR) is 115 cm³/mol. The first-order chi connectivity index (χ1) is 11.7. The van der Waals surface area contributed by atoms with Gasteiger partial charge in [0.2, 0.25) is 0 Å². The Kier molecular flexibility index (Phi) is 14.3. The molecule has 0 saturated carbocycles. The monoisotopic (exact) mass is 468 g/mol. The first-order valence-electron chi connectivity index (χ1n) is 9.50. The second-order valence-corrected chi connectivity index (χ2v) is 6.22. The van der Waals surface area contributed by atoms with E-state index >= 15 is 0 Å². The van der Waals surface area contributed by atoms with Gasteiger partial charge >= 0.3 is 5.97 Å². The molecule has 0 unspecified atom stereocenters. The number of hydrogen-bond acceptors (Lipinski definition) is 4. The fraction of sp³-hybridized carbons (Fsp3) is 0.889. The van der Waals surface area contributed by atoms with Crippen LogP contribution < -0.4 is 5.32 Å². The Hall–Kier alpha value is -0.570. The van der Waals surface area contributed by atoms with Gasteiger partial charge in [-0.05, 0) is 52.2 Å². The van der Waals surface area contributed by atoms with Gasteiger partial charge in [-0.2, -0.15) is 0 Å². The normalized spacial score (nSPS) is 15.9. The van der Waals surface area contributed by atoms with Crippen molar-refractivity contribution in [2.45, 2.75) is 46.5 Å². The lowest BCUT2D eigenvalue weighted by Crippen LogP contribution is -2.47. The first kappa shape index (κ1) is 24.4. The van der Waals surface area contributed by atoms with Crippen molar-refractivity contribution in [2.75, 3.05) is 52.9 Å². The Balaban J connectivity index is 0.00000576. The fourth-order valence-electron chi connectivity index (χ4n) is 3.12. The molecule has 1 aliphatic rings. The molecule has 0 atom stereocenters. The summed E-state index contributed by atoms with van der Waals surface area (Å²) in [5, 5.41) is 3.46. The molecule has 0 radical (unpaired) electrons. The molecule has 0 spiro atoms. The fourth-order valence-corrected chi connectivity index (χ4v) is 3.12. The van der Waals surface area contributed by atoms with Crippen molar-refractivity contribution in [3.8, 4) is 0 Å². The number of likely N-dealkylation sites (tertiary alicyclic amines) is 1. The molecule has 1 N–H and O–H groups in total. The van der Waals surface area contributed by atoms with Crippen molar-refractivity contribution < 1.29 is 9.53 Å². The molecule has 7 heteroatoms. The number of rotatable bonds is 9. The third-order valence-corrected chi connectivity index (χ3v) is 4.70. The lowest BCUT2D eigenvalue weighted by Gasteiger charge is -2.33. The number of guanidine groups is 1. The van der Waals surface area contributed by atoms with Crippen molar-refractivity contribution in [1.82, 2.24) is 15.1 Å². The number of carbonyl (C=O) groups is 1. The van der Waals surface area contributed by atoms with Gasteiger partial charge in [0.25, 0.3) is 0 Å². The molecule has 0 aromatic carbocycles. The van der Waals surface area contributed by atoms with Gasteiger partial charge in [-0.1, -0.05) is 13.8 Å². The molecule has 25 heavy (non-hydrogen) atoms. The number of carbonyl (C=O) groups excluding carboxylic acids is 1. The van der Waals surface area contributed by atoms with Gasteiger partial charge in [0.05, 0.1) is 12.5 Å². The van der Waals surface area contributed by atoms with Gasteiger partial charge in [0.1, 0.15) is 0 Å². The number of piperidine rings is 1. The van der Waals surface area contributed by atoms with E-state index in [0.717, 1.165) is 64.5 Å². The van der Waals surface area contributed by atoms with E-state index in [1.165, 1.54) is 6.42 Å². The van der Waals surface area contributed by atoms with Crippen molar-refractivity contribution in [1.29, 1.82) is 0 Å². The minimum Gasteiger partial charge on any atom is -0.466 e. The maximum atomic E-state index is 11.8. The maximum absolute atomic E-state index is 11.8. The summed E-state index contributed by atoms with van der Waals surface area (Å²) in [4.78, 5) is 20.9. The highest BCUT2D eigenvalue weighted by molar-refractivity contribution is 14.0. The van der Waals surface area contributed by atoms with Gasteiger partial charge in [-0.15, -0.1) is 24.0 Å². The zero-order valence-electron chi connectivity index (χ0n) is 16.4. The SMILES string of the molecule is CCOC(=O)C1CCN(C(=NC)NCCCCN(CC)CC)CC1.I. The Morgan fingerprint density at radius 1 is 1.20 bits per heavy atom. The number of aliphatic imine (C=N–C) groups is 1. The van der Waals surface area contributed by atoms with Crippen molar-refractivity contribution in [3.05, 3.63) is 0 Å². The lowest BCUT2D eigenvalue weighted by molar-refractivity contribution is -0.149. The summed E-state index contributed by atoms with van der Waals surface area (Å²) in [6.07, 6.45) is 4.05. The molecule has 0 aromatic heterocycles. The highest BCUT2D eigenvalue weighted by atomic mass is 127. The number of nitrogens with zero attached hydrogens (tertiary/aromatic N) is 3. The van der Waals surface area contributed by atoms with E-state index < -0.39 is 0 Å². The number of halogens is 1. The van der Waals surface area contributed by atoms with Crippen LogP contribution in [0.1, 0.15) is 46.5 Å². The summed E-state index contributed by atoms with van der Waals surface area (Å²) >= 11 is 0. The van der Waals surface area contributed by atoms with Gasteiger partial charge in [0.15, 0.2) is 5.96 Å². The number of nitrogens with one attached hydrogen (secondary N) is 1. The standard InChI is InChI=1S/C18H36N4O2.HI/c1-5-21(6-2)13-9-8-12-20-18(19-4)22-14-10-16(11-15-22)17(23)24-7-3;/h16H,5-15H2,1-4H3,(H,19,20);1H. The van der Waals surface area contributed by atoms with Gasteiger partial charge < -0.3 is 19.9 Å². The number of esters is 1. The topological polar surface area (TPSA) is 57.2 Å². The molecule has 0 aliphatic carbocycles. The van der Waals surface area contributed by atoms with E-state index in [-0.39, 0.29) is 35.9 Å². The first-order valence-corrected chi connectivity index (χ1v) is 9.50. The van der Waals surface area contributed by atoms with Crippen molar-refractivity contribution in [2.24, 2.45) is 10.9 Å². The molecule has 0 aromatic rings. The molecule has 0 amide bonds. The zero-order valence-corrected chi connectivity index (χ0v) is 18.8. The van der Waals surface area contributed by atoms with E-state index in [1.54, 1.807) is 0 Å². The Bertz CT molecular complexity index is 381. The second kappa shape index (κ2) is 14.6.